The van der Waals surface area contributed by atoms with Gasteiger partial charge in [0.25, 0.3) is 0 Å². The molecule has 2 heteroatoms. The molecule has 14 heavy (non-hydrogen) atoms. The lowest BCUT2D eigenvalue weighted by molar-refractivity contribution is -0.123. The highest BCUT2D eigenvalue weighted by Gasteiger charge is 2.25. The van der Waals surface area contributed by atoms with Crippen LogP contribution in [0.2, 0.25) is 0 Å². The van der Waals surface area contributed by atoms with Gasteiger partial charge in [-0.2, -0.15) is 0 Å². The van der Waals surface area contributed by atoms with Crippen LogP contribution in [0, 0.1) is 5.92 Å². The van der Waals surface area contributed by atoms with Crippen molar-refractivity contribution in [3.05, 3.63) is 12.3 Å². The third kappa shape index (κ3) is 2.37. The largest absolute Gasteiger partial charge is 0.365 e. The van der Waals surface area contributed by atoms with E-state index in [9.17, 15) is 4.79 Å². The lowest BCUT2D eigenvalue weighted by Crippen LogP contribution is -2.33. The average molecular weight is 195 g/mol. The van der Waals surface area contributed by atoms with Gasteiger partial charge in [0.05, 0.1) is 6.54 Å². The van der Waals surface area contributed by atoms with Crippen molar-refractivity contribution in [2.24, 2.45) is 5.92 Å². The molecule has 0 amide bonds. The molecule has 1 aliphatic rings. The van der Waals surface area contributed by atoms with Crippen LogP contribution in [0.15, 0.2) is 12.3 Å². The lowest BCUT2D eigenvalue weighted by atomic mass is 10.0. The topological polar surface area (TPSA) is 20.3 Å². The summed E-state index contributed by atoms with van der Waals surface area (Å²) in [5, 5.41) is 0. The van der Waals surface area contributed by atoms with Crippen molar-refractivity contribution in [3.63, 3.8) is 0 Å². The van der Waals surface area contributed by atoms with Crippen molar-refractivity contribution in [1.82, 2.24) is 4.90 Å². The van der Waals surface area contributed by atoms with E-state index in [0.717, 1.165) is 25.0 Å². The van der Waals surface area contributed by atoms with Gasteiger partial charge in [0.1, 0.15) is 0 Å². The fourth-order valence-electron chi connectivity index (χ4n) is 1.81. The van der Waals surface area contributed by atoms with Gasteiger partial charge in [0, 0.05) is 17.7 Å². The molecule has 80 valence electrons. The molecule has 1 fully saturated rings. The Hall–Kier alpha value is -0.790. The van der Waals surface area contributed by atoms with E-state index in [-0.39, 0.29) is 5.92 Å². The molecule has 1 aliphatic heterocycles. The number of nitrogens with zero attached hydrogens (tertiary/aromatic N) is 1. The van der Waals surface area contributed by atoms with Gasteiger partial charge in [0.15, 0.2) is 5.78 Å². The highest BCUT2D eigenvalue weighted by atomic mass is 16.1. The Morgan fingerprint density at radius 3 is 2.79 bits per heavy atom. The number of carbonyl (C=O) groups excluding carboxylic acids is 1. The van der Waals surface area contributed by atoms with Gasteiger partial charge in [-0.1, -0.05) is 20.4 Å². The molecule has 1 heterocycles. The number of hydrogen-bond acceptors (Lipinski definition) is 2. The quantitative estimate of drug-likeness (QED) is 0.687. The minimum Gasteiger partial charge on any atom is -0.365 e. The van der Waals surface area contributed by atoms with Crippen LogP contribution >= 0.6 is 0 Å². The Bertz CT molecular complexity index is 234. The van der Waals surface area contributed by atoms with Gasteiger partial charge in [-0.3, -0.25) is 4.79 Å². The first-order valence-corrected chi connectivity index (χ1v) is 5.53. The molecule has 2 atom stereocenters. The second-order valence-corrected chi connectivity index (χ2v) is 4.36. The van der Waals surface area contributed by atoms with E-state index in [2.05, 4.69) is 25.3 Å². The number of allylic oxidation sites excluding steroid dienone is 1. The monoisotopic (exact) mass is 195 g/mol. The molecule has 1 unspecified atom stereocenters. The van der Waals surface area contributed by atoms with E-state index in [1.807, 2.05) is 6.92 Å². The van der Waals surface area contributed by atoms with Crippen LogP contribution in [0.25, 0.3) is 0 Å². The molecule has 0 spiro atoms. The van der Waals surface area contributed by atoms with E-state index < -0.39 is 0 Å². The summed E-state index contributed by atoms with van der Waals surface area (Å²) in [6.45, 7) is 10.8. The summed E-state index contributed by atoms with van der Waals surface area (Å²) >= 11 is 0. The maximum atomic E-state index is 11.7. The van der Waals surface area contributed by atoms with Crippen LogP contribution in [-0.2, 0) is 4.79 Å². The molecule has 2 nitrogen and oxygen atoms in total. The Morgan fingerprint density at radius 1 is 1.71 bits per heavy atom. The predicted molar refractivity (Wildman–Crippen MR) is 59.0 cm³/mol. The molecular weight excluding hydrogens is 174 g/mol. The molecule has 0 aliphatic carbocycles. The smallest absolute Gasteiger partial charge is 0.154 e. The Kier molecular flexibility index (Phi) is 3.73. The van der Waals surface area contributed by atoms with Gasteiger partial charge in [0.2, 0.25) is 0 Å². The third-order valence-electron chi connectivity index (χ3n) is 3.28. The molecule has 0 aromatic rings. The first-order chi connectivity index (χ1) is 6.56. The summed E-state index contributed by atoms with van der Waals surface area (Å²) < 4.78 is 0. The van der Waals surface area contributed by atoms with E-state index in [0.29, 0.717) is 18.4 Å². The molecule has 0 N–H and O–H groups in total. The second kappa shape index (κ2) is 4.63. The van der Waals surface area contributed by atoms with Crippen LogP contribution in [-0.4, -0.2) is 23.3 Å². The fourth-order valence-corrected chi connectivity index (χ4v) is 1.81. The van der Waals surface area contributed by atoms with Crippen LogP contribution in [0.3, 0.4) is 0 Å². The maximum absolute atomic E-state index is 11.7. The van der Waals surface area contributed by atoms with Crippen LogP contribution < -0.4 is 0 Å². The Balaban J connectivity index is 2.51. The van der Waals surface area contributed by atoms with E-state index >= 15 is 0 Å². The summed E-state index contributed by atoms with van der Waals surface area (Å²) in [4.78, 5) is 13.9. The zero-order chi connectivity index (χ0) is 10.7. The SMILES string of the molecule is C=C1CCC(C)N1CC(=O)[C@@H](C)CC. The number of carbonyl (C=O) groups is 1. The molecule has 1 saturated heterocycles. The second-order valence-electron chi connectivity index (χ2n) is 4.36. The van der Waals surface area contributed by atoms with Crippen LogP contribution in [0.4, 0.5) is 0 Å². The van der Waals surface area contributed by atoms with Crippen molar-refractivity contribution in [2.75, 3.05) is 6.54 Å². The Morgan fingerprint density at radius 2 is 2.36 bits per heavy atom. The average Bonchev–Trinajstić information content (AvgIpc) is 2.48. The minimum atomic E-state index is 0.190. The van der Waals surface area contributed by atoms with E-state index in [1.54, 1.807) is 0 Å². The lowest BCUT2D eigenvalue weighted by Gasteiger charge is -2.25. The molecular formula is C12H21NO. The molecule has 0 saturated carbocycles. The maximum Gasteiger partial charge on any atom is 0.154 e. The summed E-state index contributed by atoms with van der Waals surface area (Å²) in [6.07, 6.45) is 3.13. The summed E-state index contributed by atoms with van der Waals surface area (Å²) in [5.41, 5.74) is 1.13. The number of hydrogen-bond donors (Lipinski definition) is 0. The van der Waals surface area contributed by atoms with Crippen LogP contribution in [0.1, 0.15) is 40.0 Å². The molecule has 0 radical (unpaired) electrons. The van der Waals surface area contributed by atoms with Gasteiger partial charge in [-0.25, -0.2) is 0 Å². The molecule has 0 bridgehead atoms. The number of likely N-dealkylation sites (tertiary alicyclic amines) is 1. The summed E-state index contributed by atoms with van der Waals surface area (Å²) in [6, 6.07) is 0.496. The molecule has 1 rings (SSSR count). The van der Waals surface area contributed by atoms with Crippen molar-refractivity contribution in [3.8, 4) is 0 Å². The zero-order valence-electron chi connectivity index (χ0n) is 9.55. The molecule has 0 aromatic carbocycles. The zero-order valence-corrected chi connectivity index (χ0v) is 9.55. The standard InChI is InChI=1S/C12H21NO/c1-5-9(2)12(14)8-13-10(3)6-7-11(13)4/h9,11H,3,5-8H2,1-2,4H3/t9-,11?/m0/s1. The summed E-state index contributed by atoms with van der Waals surface area (Å²) in [5.74, 6) is 0.540. The van der Waals surface area contributed by atoms with Crippen molar-refractivity contribution in [1.29, 1.82) is 0 Å². The first-order valence-electron chi connectivity index (χ1n) is 5.53. The highest BCUT2D eigenvalue weighted by molar-refractivity contribution is 5.82. The minimum absolute atomic E-state index is 0.190. The number of rotatable bonds is 4. The van der Waals surface area contributed by atoms with E-state index in [4.69, 9.17) is 0 Å². The first kappa shape index (κ1) is 11.3. The number of Topliss-reactive ketones (excluding diaryl/α,β-unsaturated/α-hetero) is 1. The normalized spacial score (nSPS) is 24.1. The van der Waals surface area contributed by atoms with Gasteiger partial charge >= 0.3 is 0 Å². The van der Waals surface area contributed by atoms with Crippen molar-refractivity contribution < 1.29 is 4.79 Å². The number of ketones is 1. The van der Waals surface area contributed by atoms with Crippen molar-refractivity contribution >= 4 is 5.78 Å². The van der Waals surface area contributed by atoms with Crippen molar-refractivity contribution in [2.45, 2.75) is 46.1 Å². The fraction of sp³-hybridized carbons (Fsp3) is 0.750. The predicted octanol–water partition coefficient (Wildman–Crippen LogP) is 2.60. The van der Waals surface area contributed by atoms with Gasteiger partial charge in [-0.05, 0) is 26.2 Å². The molecule has 0 aromatic heterocycles. The van der Waals surface area contributed by atoms with Gasteiger partial charge < -0.3 is 4.90 Å². The third-order valence-corrected chi connectivity index (χ3v) is 3.28. The Labute approximate surface area is 87.0 Å². The van der Waals surface area contributed by atoms with E-state index in [1.165, 1.54) is 0 Å². The highest BCUT2D eigenvalue weighted by Crippen LogP contribution is 2.25. The van der Waals surface area contributed by atoms with Gasteiger partial charge in [-0.15, -0.1) is 0 Å². The summed E-state index contributed by atoms with van der Waals surface area (Å²) in [7, 11) is 0. The van der Waals surface area contributed by atoms with Crippen LogP contribution in [0.5, 0.6) is 0 Å².